The fraction of sp³-hybridized carbons (Fsp3) is 0.571. The van der Waals surface area contributed by atoms with Crippen LogP contribution in [-0.4, -0.2) is 41.4 Å². The molecule has 1 fully saturated rings. The van der Waals surface area contributed by atoms with E-state index in [-0.39, 0.29) is 29.3 Å². The number of carbonyl (C=O) groups excluding carboxylic acids is 3. The fourth-order valence-electron chi connectivity index (χ4n) is 3.73. The zero-order chi connectivity index (χ0) is 22.1. The molecule has 1 aromatic rings. The van der Waals surface area contributed by atoms with E-state index >= 15 is 0 Å². The predicted molar refractivity (Wildman–Crippen MR) is 107 cm³/mol. The van der Waals surface area contributed by atoms with Gasteiger partial charge in [0.15, 0.2) is 0 Å². The van der Waals surface area contributed by atoms with Crippen molar-refractivity contribution in [1.29, 1.82) is 0 Å². The molecular formula is C21H27BO8. The van der Waals surface area contributed by atoms with Crippen molar-refractivity contribution < 1.29 is 38.3 Å². The van der Waals surface area contributed by atoms with E-state index in [1.165, 1.54) is 26.8 Å². The molecule has 2 aliphatic rings. The van der Waals surface area contributed by atoms with Crippen LogP contribution in [0.4, 0.5) is 0 Å². The minimum atomic E-state index is -1.88. The molecule has 2 atom stereocenters. The summed E-state index contributed by atoms with van der Waals surface area (Å²) in [6.07, 6.45) is 2.82. The predicted octanol–water partition coefficient (Wildman–Crippen LogP) is 2.80. The largest absolute Gasteiger partial charge is 0.535 e. The first-order valence-electron chi connectivity index (χ1n) is 10.2. The van der Waals surface area contributed by atoms with E-state index in [2.05, 4.69) is 0 Å². The van der Waals surface area contributed by atoms with Crippen LogP contribution in [0.15, 0.2) is 18.2 Å². The normalized spacial score (nSPS) is 24.6. The summed E-state index contributed by atoms with van der Waals surface area (Å²) in [6.45, 7) is 6.40. The monoisotopic (exact) mass is 418 g/mol. The lowest BCUT2D eigenvalue weighted by Crippen LogP contribution is -2.40. The van der Waals surface area contributed by atoms with Gasteiger partial charge in [0.05, 0.1) is 0 Å². The zero-order valence-electron chi connectivity index (χ0n) is 17.7. The van der Waals surface area contributed by atoms with Crippen molar-refractivity contribution in [3.05, 3.63) is 29.3 Å². The molecule has 1 saturated heterocycles. The molecule has 0 saturated carbocycles. The van der Waals surface area contributed by atoms with Gasteiger partial charge in [0.2, 0.25) is 5.79 Å². The van der Waals surface area contributed by atoms with Crippen LogP contribution in [0.2, 0.25) is 5.82 Å². The average Bonchev–Trinajstić information content (AvgIpc) is 2.86. The van der Waals surface area contributed by atoms with Crippen molar-refractivity contribution >= 4 is 24.8 Å². The first kappa shape index (κ1) is 22.3. The molecule has 0 amide bonds. The first-order valence-corrected chi connectivity index (χ1v) is 10.2. The maximum Gasteiger partial charge on any atom is 0.526 e. The van der Waals surface area contributed by atoms with Crippen molar-refractivity contribution in [2.75, 3.05) is 0 Å². The van der Waals surface area contributed by atoms with Gasteiger partial charge in [-0.3, -0.25) is 9.53 Å². The van der Waals surface area contributed by atoms with Crippen LogP contribution in [0.25, 0.3) is 0 Å². The second kappa shape index (κ2) is 8.39. The van der Waals surface area contributed by atoms with Crippen LogP contribution in [0.1, 0.15) is 69.3 Å². The molecule has 0 spiro atoms. The van der Waals surface area contributed by atoms with Gasteiger partial charge in [-0.15, -0.1) is 0 Å². The highest BCUT2D eigenvalue weighted by Crippen LogP contribution is 2.38. The molecule has 1 unspecified atom stereocenters. The molecule has 0 aromatic heterocycles. The van der Waals surface area contributed by atoms with Crippen molar-refractivity contribution in [3.63, 3.8) is 0 Å². The third-order valence-electron chi connectivity index (χ3n) is 5.18. The van der Waals surface area contributed by atoms with Crippen LogP contribution in [0.5, 0.6) is 5.75 Å². The van der Waals surface area contributed by atoms with E-state index in [1.54, 1.807) is 12.1 Å². The topological polar surface area (TPSA) is 108 Å². The molecular weight excluding hydrogens is 391 g/mol. The number of esters is 2. The summed E-state index contributed by atoms with van der Waals surface area (Å²) >= 11 is 0. The highest BCUT2D eigenvalue weighted by molar-refractivity contribution is 6.47. The number of rotatable bonds is 7. The van der Waals surface area contributed by atoms with E-state index < -0.39 is 30.6 Å². The molecule has 3 rings (SSSR count). The Labute approximate surface area is 176 Å². The third-order valence-corrected chi connectivity index (χ3v) is 5.18. The van der Waals surface area contributed by atoms with Gasteiger partial charge in [-0.25, -0.2) is 9.59 Å². The molecule has 2 heterocycles. The first-order chi connectivity index (χ1) is 14.0. The number of cyclic esters (lactones) is 1. The average molecular weight is 418 g/mol. The van der Waals surface area contributed by atoms with Gasteiger partial charge >= 0.3 is 24.8 Å². The second-order valence-electron chi connectivity index (χ2n) is 8.34. The number of unbranched alkanes of at least 4 members (excludes halogenated alkanes) is 1. The van der Waals surface area contributed by atoms with Crippen molar-refractivity contribution in [2.45, 2.75) is 77.2 Å². The Bertz CT molecular complexity index is 851. The van der Waals surface area contributed by atoms with Gasteiger partial charge in [0, 0.05) is 39.4 Å². The molecule has 0 radical (unpaired) electrons. The lowest BCUT2D eigenvalue weighted by molar-refractivity contribution is -0.221. The van der Waals surface area contributed by atoms with Crippen molar-refractivity contribution in [2.24, 2.45) is 0 Å². The molecule has 162 valence electrons. The number of Topliss-reactive ketones (excluding diaryl/α,β-unsaturated/α-hetero) is 1. The summed E-state index contributed by atoms with van der Waals surface area (Å²) in [5, 5.41) is 10.4. The maximum atomic E-state index is 12.8. The summed E-state index contributed by atoms with van der Waals surface area (Å²) in [4.78, 5) is 37.0. The smallest absolute Gasteiger partial charge is 0.526 e. The Morgan fingerprint density at radius 2 is 2.03 bits per heavy atom. The van der Waals surface area contributed by atoms with Crippen LogP contribution in [0, 0.1) is 0 Å². The minimum absolute atomic E-state index is 0.0599. The number of ketones is 1. The SMILES string of the molecule is CCCCC(=O)C[C@H]1Cc2cccc(C(=O)OC3(C)OC(C)(C)OC3=O)c2OB1O. The molecule has 30 heavy (non-hydrogen) atoms. The van der Waals surface area contributed by atoms with E-state index in [4.69, 9.17) is 18.9 Å². The molecule has 8 nitrogen and oxygen atoms in total. The molecule has 2 aliphatic heterocycles. The standard InChI is InChI=1S/C21H27BO8/c1-5-6-9-15(23)12-14-11-13-8-7-10-16(17(13)29-22(14)26)18(24)27-21(4)19(25)28-20(2,3)30-21/h7-8,10,14,26H,5-6,9,11-12H2,1-4H3/t14-,21?/m1/s1. The summed E-state index contributed by atoms with van der Waals surface area (Å²) in [7, 11) is -1.22. The van der Waals surface area contributed by atoms with E-state index in [0.717, 1.165) is 12.8 Å². The zero-order valence-corrected chi connectivity index (χ0v) is 17.7. The molecule has 1 aromatic carbocycles. The highest BCUT2D eigenvalue weighted by Gasteiger charge is 2.54. The van der Waals surface area contributed by atoms with Crippen LogP contribution < -0.4 is 4.65 Å². The van der Waals surface area contributed by atoms with E-state index in [0.29, 0.717) is 18.4 Å². The quantitative estimate of drug-likeness (QED) is 0.532. The van der Waals surface area contributed by atoms with E-state index in [9.17, 15) is 19.4 Å². The van der Waals surface area contributed by atoms with Gasteiger partial charge in [0.1, 0.15) is 17.1 Å². The number of para-hydroxylation sites is 1. The Morgan fingerprint density at radius 1 is 1.30 bits per heavy atom. The second-order valence-corrected chi connectivity index (χ2v) is 8.34. The number of carbonyl (C=O) groups is 3. The lowest BCUT2D eigenvalue weighted by atomic mass is 9.64. The van der Waals surface area contributed by atoms with Gasteiger partial charge in [-0.2, -0.15) is 0 Å². The summed E-state index contributed by atoms with van der Waals surface area (Å²) in [6, 6.07) is 4.91. The van der Waals surface area contributed by atoms with Crippen molar-refractivity contribution in [1.82, 2.24) is 0 Å². The Hall–Kier alpha value is -2.39. The fourth-order valence-corrected chi connectivity index (χ4v) is 3.73. The summed E-state index contributed by atoms with van der Waals surface area (Å²) in [5.74, 6) is -4.87. The number of fused-ring (bicyclic) bond motifs is 1. The molecule has 1 N–H and O–H groups in total. The molecule has 0 bridgehead atoms. The summed E-state index contributed by atoms with van der Waals surface area (Å²) in [5.41, 5.74) is 0.744. The Kier molecular flexibility index (Phi) is 6.24. The maximum absolute atomic E-state index is 12.8. The van der Waals surface area contributed by atoms with Crippen LogP contribution in [-0.2, 0) is 30.2 Å². The highest BCUT2D eigenvalue weighted by atomic mass is 16.9. The van der Waals surface area contributed by atoms with Gasteiger partial charge < -0.3 is 19.2 Å². The van der Waals surface area contributed by atoms with Crippen LogP contribution >= 0.6 is 0 Å². The number of hydrogen-bond acceptors (Lipinski definition) is 8. The number of hydrogen-bond donors (Lipinski definition) is 1. The number of benzene rings is 1. The van der Waals surface area contributed by atoms with Gasteiger partial charge in [0.25, 0.3) is 0 Å². The van der Waals surface area contributed by atoms with Gasteiger partial charge in [-0.1, -0.05) is 25.5 Å². The summed E-state index contributed by atoms with van der Waals surface area (Å²) < 4.78 is 21.5. The lowest BCUT2D eigenvalue weighted by Gasteiger charge is -2.29. The molecule has 0 aliphatic carbocycles. The van der Waals surface area contributed by atoms with Crippen LogP contribution in [0.3, 0.4) is 0 Å². The Morgan fingerprint density at radius 3 is 2.67 bits per heavy atom. The molecule has 9 heteroatoms. The third kappa shape index (κ3) is 4.68. The van der Waals surface area contributed by atoms with Crippen molar-refractivity contribution in [3.8, 4) is 5.75 Å². The Balaban J connectivity index is 1.76. The van der Waals surface area contributed by atoms with E-state index in [1.807, 2.05) is 6.92 Å². The minimum Gasteiger partial charge on any atom is -0.535 e. The number of ether oxygens (including phenoxy) is 3. The van der Waals surface area contributed by atoms with Gasteiger partial charge in [-0.05, 0) is 24.5 Å².